The van der Waals surface area contributed by atoms with Crippen molar-refractivity contribution < 1.29 is 9.53 Å². The lowest BCUT2D eigenvalue weighted by Gasteiger charge is -2.37. The lowest BCUT2D eigenvalue weighted by Crippen LogP contribution is -2.47. The van der Waals surface area contributed by atoms with Gasteiger partial charge in [-0.25, -0.2) is 4.98 Å². The van der Waals surface area contributed by atoms with E-state index in [1.54, 1.807) is 0 Å². The lowest BCUT2D eigenvalue weighted by molar-refractivity contribution is -0.127. The first-order valence-electron chi connectivity index (χ1n) is 12.9. The first-order valence-corrected chi connectivity index (χ1v) is 12.9. The largest absolute Gasteiger partial charge is 0.493 e. The van der Waals surface area contributed by atoms with E-state index < -0.39 is 0 Å². The third-order valence-electron chi connectivity index (χ3n) is 7.38. The quantitative estimate of drug-likeness (QED) is 0.515. The molecular weight excluding hydrogens is 436 g/mol. The van der Waals surface area contributed by atoms with Gasteiger partial charge in [-0.05, 0) is 60.9 Å². The minimum Gasteiger partial charge on any atom is -0.493 e. The number of amides is 1. The van der Waals surface area contributed by atoms with Gasteiger partial charge in [-0.3, -0.25) is 9.69 Å². The second-order valence-electron chi connectivity index (χ2n) is 10.1. The molecule has 1 fully saturated rings. The molecule has 35 heavy (non-hydrogen) atoms. The maximum Gasteiger partial charge on any atom is 0.224 e. The average molecular weight is 473 g/mol. The molecule has 6 heteroatoms. The number of hydrogen-bond acceptors (Lipinski definition) is 4. The van der Waals surface area contributed by atoms with Gasteiger partial charge in [-0.1, -0.05) is 36.4 Å². The number of nitrogens with one attached hydrogen (secondary N) is 1. The van der Waals surface area contributed by atoms with Crippen LogP contribution in [0.1, 0.15) is 35.4 Å². The highest BCUT2D eigenvalue weighted by Crippen LogP contribution is 2.28. The summed E-state index contributed by atoms with van der Waals surface area (Å²) in [7, 11) is 2.02. The van der Waals surface area contributed by atoms with Crippen molar-refractivity contribution in [2.75, 3.05) is 26.2 Å². The average Bonchev–Trinajstić information content (AvgIpc) is 3.51. The van der Waals surface area contributed by atoms with Crippen LogP contribution in [0.25, 0.3) is 0 Å². The molecule has 3 aromatic rings. The Kier molecular flexibility index (Phi) is 7.48. The highest BCUT2D eigenvalue weighted by molar-refractivity contribution is 5.79. The molecule has 0 unspecified atom stereocenters. The van der Waals surface area contributed by atoms with Crippen molar-refractivity contribution in [3.05, 3.63) is 83.4 Å². The Bertz CT molecular complexity index is 1130. The number of aryl methyl sites for hydroxylation is 3. The van der Waals surface area contributed by atoms with Gasteiger partial charge in [0.2, 0.25) is 5.91 Å². The SMILES string of the molecule is Cn1ccnc1CN1C[C@@H](COc2ccc3c(c2)CCC3)C[C@@H](C(=O)NCCc2ccccc2)C1. The summed E-state index contributed by atoms with van der Waals surface area (Å²) >= 11 is 0. The predicted octanol–water partition coefficient (Wildman–Crippen LogP) is 3.78. The van der Waals surface area contributed by atoms with E-state index in [2.05, 4.69) is 50.1 Å². The summed E-state index contributed by atoms with van der Waals surface area (Å²) in [6, 6.07) is 16.8. The molecule has 0 spiro atoms. The molecule has 1 aromatic heterocycles. The molecule has 1 N–H and O–H groups in total. The summed E-state index contributed by atoms with van der Waals surface area (Å²) in [6.45, 7) is 3.69. The summed E-state index contributed by atoms with van der Waals surface area (Å²) in [6.07, 6.45) is 9.08. The molecule has 1 aliphatic carbocycles. The van der Waals surface area contributed by atoms with Crippen LogP contribution in [0.4, 0.5) is 0 Å². The van der Waals surface area contributed by atoms with Crippen LogP contribution in [-0.4, -0.2) is 46.6 Å². The Morgan fingerprint density at radius 1 is 1.11 bits per heavy atom. The van der Waals surface area contributed by atoms with E-state index in [1.165, 1.54) is 29.5 Å². The predicted molar refractivity (Wildman–Crippen MR) is 137 cm³/mol. The van der Waals surface area contributed by atoms with Crippen LogP contribution in [-0.2, 0) is 37.6 Å². The van der Waals surface area contributed by atoms with Crippen LogP contribution in [0.5, 0.6) is 5.75 Å². The van der Waals surface area contributed by atoms with Crippen molar-refractivity contribution >= 4 is 5.91 Å². The second kappa shape index (κ2) is 11.1. The number of nitrogens with zero attached hydrogens (tertiary/aromatic N) is 3. The van der Waals surface area contributed by atoms with Crippen molar-refractivity contribution in [3.63, 3.8) is 0 Å². The number of fused-ring (bicyclic) bond motifs is 1. The number of benzene rings is 2. The summed E-state index contributed by atoms with van der Waals surface area (Å²) in [5.41, 5.74) is 4.13. The maximum absolute atomic E-state index is 13.2. The minimum absolute atomic E-state index is 0.0478. The summed E-state index contributed by atoms with van der Waals surface area (Å²) in [5.74, 6) is 2.37. The number of hydrogen-bond donors (Lipinski definition) is 1. The fourth-order valence-corrected chi connectivity index (χ4v) is 5.46. The second-order valence-corrected chi connectivity index (χ2v) is 10.1. The van der Waals surface area contributed by atoms with E-state index in [1.807, 2.05) is 37.6 Å². The Morgan fingerprint density at radius 3 is 2.80 bits per heavy atom. The smallest absolute Gasteiger partial charge is 0.224 e. The Hall–Kier alpha value is -3.12. The topological polar surface area (TPSA) is 59.4 Å². The highest BCUT2D eigenvalue weighted by Gasteiger charge is 2.32. The van der Waals surface area contributed by atoms with Gasteiger partial charge in [0, 0.05) is 45.0 Å². The molecule has 0 bridgehead atoms. The van der Waals surface area contributed by atoms with Crippen LogP contribution in [0, 0.1) is 11.8 Å². The minimum atomic E-state index is -0.0478. The van der Waals surface area contributed by atoms with Gasteiger partial charge in [0.15, 0.2) is 0 Å². The molecule has 0 radical (unpaired) electrons. The zero-order valence-corrected chi connectivity index (χ0v) is 20.7. The fourth-order valence-electron chi connectivity index (χ4n) is 5.46. The Morgan fingerprint density at radius 2 is 1.97 bits per heavy atom. The lowest BCUT2D eigenvalue weighted by atomic mass is 9.88. The van der Waals surface area contributed by atoms with Crippen molar-refractivity contribution in [3.8, 4) is 5.75 Å². The zero-order valence-electron chi connectivity index (χ0n) is 20.7. The first-order chi connectivity index (χ1) is 17.1. The normalized spacial score (nSPS) is 19.9. The number of imidazole rings is 1. The van der Waals surface area contributed by atoms with Crippen LogP contribution in [0.15, 0.2) is 60.9 Å². The molecule has 1 saturated heterocycles. The van der Waals surface area contributed by atoms with E-state index in [4.69, 9.17) is 4.74 Å². The standard InChI is InChI=1S/C29H36N4O2/c1-32-15-14-30-28(32)20-33-18-23(21-35-27-11-10-24-8-5-9-25(24)17-27)16-26(19-33)29(34)31-13-12-22-6-3-2-4-7-22/h2-4,6-7,10-11,14-15,17,23,26H,5,8-9,12-13,16,18-21H2,1H3,(H,31,34)/t23-,26+/m0/s1. The van der Waals surface area contributed by atoms with E-state index >= 15 is 0 Å². The summed E-state index contributed by atoms with van der Waals surface area (Å²) in [4.78, 5) is 20.0. The van der Waals surface area contributed by atoms with E-state index in [-0.39, 0.29) is 11.8 Å². The van der Waals surface area contributed by atoms with Crippen molar-refractivity contribution in [2.24, 2.45) is 18.9 Å². The van der Waals surface area contributed by atoms with E-state index in [9.17, 15) is 4.79 Å². The van der Waals surface area contributed by atoms with E-state index in [0.717, 1.165) is 50.5 Å². The number of carbonyl (C=O) groups is 1. The Labute approximate surface area is 208 Å². The molecule has 184 valence electrons. The van der Waals surface area contributed by atoms with Crippen LogP contribution in [0.3, 0.4) is 0 Å². The summed E-state index contributed by atoms with van der Waals surface area (Å²) in [5, 5.41) is 3.19. The first kappa shape index (κ1) is 23.6. The number of carbonyl (C=O) groups excluding carboxylic acids is 1. The van der Waals surface area contributed by atoms with Crippen molar-refractivity contribution in [1.29, 1.82) is 0 Å². The molecule has 1 amide bonds. The third kappa shape index (κ3) is 6.12. The van der Waals surface area contributed by atoms with E-state index in [0.29, 0.717) is 19.1 Å². The van der Waals surface area contributed by atoms with Gasteiger partial charge in [0.1, 0.15) is 11.6 Å². The fraction of sp³-hybridized carbons (Fsp3) is 0.448. The maximum atomic E-state index is 13.2. The van der Waals surface area contributed by atoms with Gasteiger partial charge in [0.25, 0.3) is 0 Å². The summed E-state index contributed by atoms with van der Waals surface area (Å²) < 4.78 is 8.32. The molecule has 5 rings (SSSR count). The van der Waals surface area contributed by atoms with Gasteiger partial charge in [0.05, 0.1) is 19.1 Å². The molecular formula is C29H36N4O2. The Balaban J connectivity index is 1.21. The van der Waals surface area contributed by atoms with Crippen LogP contribution >= 0.6 is 0 Å². The number of likely N-dealkylation sites (tertiary alicyclic amines) is 1. The third-order valence-corrected chi connectivity index (χ3v) is 7.38. The number of piperidine rings is 1. The molecule has 2 atom stereocenters. The zero-order chi connectivity index (χ0) is 24.0. The molecule has 2 heterocycles. The monoisotopic (exact) mass is 472 g/mol. The van der Waals surface area contributed by atoms with Gasteiger partial charge < -0.3 is 14.6 Å². The van der Waals surface area contributed by atoms with Crippen LogP contribution in [0.2, 0.25) is 0 Å². The number of aromatic nitrogens is 2. The van der Waals surface area contributed by atoms with Gasteiger partial charge >= 0.3 is 0 Å². The molecule has 1 aliphatic heterocycles. The van der Waals surface area contributed by atoms with Crippen molar-refractivity contribution in [1.82, 2.24) is 19.8 Å². The number of rotatable bonds is 9. The van der Waals surface area contributed by atoms with Crippen molar-refractivity contribution in [2.45, 2.75) is 38.6 Å². The molecule has 2 aliphatic rings. The van der Waals surface area contributed by atoms with Gasteiger partial charge in [-0.2, -0.15) is 0 Å². The highest BCUT2D eigenvalue weighted by atomic mass is 16.5. The van der Waals surface area contributed by atoms with Crippen LogP contribution < -0.4 is 10.1 Å². The van der Waals surface area contributed by atoms with Gasteiger partial charge in [-0.15, -0.1) is 0 Å². The number of ether oxygens (including phenoxy) is 1. The molecule has 2 aromatic carbocycles. The molecule has 0 saturated carbocycles. The molecule has 6 nitrogen and oxygen atoms in total.